The van der Waals surface area contributed by atoms with Gasteiger partial charge in [0.25, 0.3) is 0 Å². The van der Waals surface area contributed by atoms with Gasteiger partial charge in [0.1, 0.15) is 11.7 Å². The number of dihydropyridines is 1. The zero-order valence-corrected chi connectivity index (χ0v) is 17.3. The number of hydrogen-bond acceptors (Lipinski definition) is 4. The number of hydrogen-bond donors (Lipinski definition) is 3. The lowest BCUT2D eigenvalue weighted by Gasteiger charge is -2.28. The molecule has 0 aliphatic carbocycles. The molecule has 6 heteroatoms. The lowest BCUT2D eigenvalue weighted by atomic mass is 10.0. The van der Waals surface area contributed by atoms with Crippen molar-refractivity contribution in [2.75, 3.05) is 16.3 Å². The van der Waals surface area contributed by atoms with Crippen molar-refractivity contribution < 1.29 is 0 Å². The van der Waals surface area contributed by atoms with Crippen LogP contribution in [0.25, 0.3) is 5.57 Å². The third-order valence-corrected chi connectivity index (χ3v) is 5.47. The van der Waals surface area contributed by atoms with Gasteiger partial charge in [0.05, 0.1) is 11.4 Å². The Kier molecular flexibility index (Phi) is 5.16. The van der Waals surface area contributed by atoms with Crippen LogP contribution in [0.3, 0.4) is 0 Å². The zero-order chi connectivity index (χ0) is 20.5. The van der Waals surface area contributed by atoms with Gasteiger partial charge in [0.2, 0.25) is 0 Å². The molecule has 2 aliphatic rings. The first-order chi connectivity index (χ1) is 13.9. The summed E-state index contributed by atoms with van der Waals surface area (Å²) in [5.41, 5.74) is 5.05. The van der Waals surface area contributed by atoms with Crippen LogP contribution in [0.1, 0.15) is 25.8 Å². The molecule has 3 N–H and O–H groups in total. The molecule has 0 fully saturated rings. The summed E-state index contributed by atoms with van der Waals surface area (Å²) in [6.07, 6.45) is 6.86. The number of benzene rings is 2. The Morgan fingerprint density at radius 1 is 1.14 bits per heavy atom. The van der Waals surface area contributed by atoms with E-state index in [4.69, 9.17) is 22.4 Å². The molecular formula is C23H24ClN5. The summed E-state index contributed by atoms with van der Waals surface area (Å²) in [4.78, 5) is 3.93. The van der Waals surface area contributed by atoms with Gasteiger partial charge < -0.3 is 10.2 Å². The molecule has 0 bridgehead atoms. The average molecular weight is 406 g/mol. The third-order valence-electron chi connectivity index (χ3n) is 5.22. The number of allylic oxidation sites excluding steroid dienone is 2. The fourth-order valence-electron chi connectivity index (χ4n) is 3.73. The molecule has 1 atom stereocenters. The van der Waals surface area contributed by atoms with Crippen LogP contribution in [0, 0.1) is 10.8 Å². The minimum absolute atomic E-state index is 0.321. The molecule has 148 valence electrons. The maximum absolute atomic E-state index is 8.51. The van der Waals surface area contributed by atoms with E-state index in [9.17, 15) is 0 Å². The van der Waals surface area contributed by atoms with Crippen LogP contribution in [-0.4, -0.2) is 24.3 Å². The highest BCUT2D eigenvalue weighted by Gasteiger charge is 2.27. The van der Waals surface area contributed by atoms with Crippen LogP contribution >= 0.6 is 11.6 Å². The van der Waals surface area contributed by atoms with Crippen molar-refractivity contribution in [3.05, 3.63) is 71.4 Å². The fraction of sp³-hybridized carbons (Fsp3) is 0.217. The summed E-state index contributed by atoms with van der Waals surface area (Å²) in [6, 6.07) is 14.3. The van der Waals surface area contributed by atoms with E-state index in [0.717, 1.165) is 28.2 Å². The number of nitrogens with one attached hydrogen (secondary N) is 3. The molecule has 2 aromatic rings. The number of anilines is 3. The Bertz CT molecular complexity index is 1020. The molecule has 2 aliphatic heterocycles. The van der Waals surface area contributed by atoms with E-state index in [1.165, 1.54) is 0 Å². The monoisotopic (exact) mass is 405 g/mol. The van der Waals surface area contributed by atoms with Gasteiger partial charge in [-0.3, -0.25) is 15.7 Å². The maximum Gasteiger partial charge on any atom is 0.108 e. The molecule has 5 nitrogen and oxygen atoms in total. The van der Waals surface area contributed by atoms with Gasteiger partial charge >= 0.3 is 0 Å². The molecule has 0 spiro atoms. The summed E-state index contributed by atoms with van der Waals surface area (Å²) >= 11 is 6.10. The van der Waals surface area contributed by atoms with E-state index in [1.807, 2.05) is 36.5 Å². The first kappa shape index (κ1) is 19.3. The number of amidine groups is 2. The molecule has 0 radical (unpaired) electrons. The third kappa shape index (κ3) is 3.78. The van der Waals surface area contributed by atoms with E-state index in [0.29, 0.717) is 35.7 Å². The maximum atomic E-state index is 8.51. The molecule has 0 saturated carbocycles. The molecule has 4 rings (SSSR count). The van der Waals surface area contributed by atoms with Crippen LogP contribution in [0.15, 0.2) is 60.8 Å². The van der Waals surface area contributed by atoms with Crippen molar-refractivity contribution in [3.63, 3.8) is 0 Å². The number of halogens is 1. The second kappa shape index (κ2) is 7.76. The van der Waals surface area contributed by atoms with E-state index in [1.54, 1.807) is 11.8 Å². The molecule has 2 heterocycles. The number of nitrogens with zero attached hydrogens (tertiary/aromatic N) is 2. The Labute approximate surface area is 176 Å². The molecule has 29 heavy (non-hydrogen) atoms. The highest BCUT2D eigenvalue weighted by molar-refractivity contribution is 6.30. The fourth-order valence-corrected chi connectivity index (χ4v) is 3.85. The molecule has 2 aromatic carbocycles. The molecule has 0 saturated heterocycles. The summed E-state index contributed by atoms with van der Waals surface area (Å²) in [7, 11) is 0. The van der Waals surface area contributed by atoms with Crippen LogP contribution in [-0.2, 0) is 0 Å². The summed E-state index contributed by atoms with van der Waals surface area (Å²) in [6.45, 7) is 4.49. The van der Waals surface area contributed by atoms with Gasteiger partial charge in [0, 0.05) is 35.9 Å². The van der Waals surface area contributed by atoms with E-state index >= 15 is 0 Å². The molecule has 1 unspecified atom stereocenters. The van der Waals surface area contributed by atoms with Crippen molar-refractivity contribution >= 4 is 45.9 Å². The van der Waals surface area contributed by atoms with Crippen molar-refractivity contribution in [3.8, 4) is 0 Å². The standard InChI is InChI=1S/C23H24ClN5/c1-15-3-4-18(14-27-15)17-5-10-21-22(13-17)28(20-8-6-19(24)7-9-20)12-11-23(26)29(21)16(2)25/h3-10,13-15,25-27H,11-12H2,1-2H3. The number of rotatable bonds is 2. The van der Waals surface area contributed by atoms with E-state index in [-0.39, 0.29) is 0 Å². The Balaban J connectivity index is 1.86. The highest BCUT2D eigenvalue weighted by atomic mass is 35.5. The largest absolute Gasteiger partial charge is 0.384 e. The smallest absolute Gasteiger partial charge is 0.108 e. The molecule has 0 aromatic heterocycles. The second-order valence-corrected chi connectivity index (χ2v) is 7.80. The van der Waals surface area contributed by atoms with Crippen molar-refractivity contribution in [1.82, 2.24) is 5.32 Å². The van der Waals surface area contributed by atoms with Crippen LogP contribution in [0.5, 0.6) is 0 Å². The second-order valence-electron chi connectivity index (χ2n) is 7.36. The van der Waals surface area contributed by atoms with Crippen LogP contribution < -0.4 is 15.1 Å². The van der Waals surface area contributed by atoms with Gasteiger partial charge in [-0.2, -0.15) is 0 Å². The van der Waals surface area contributed by atoms with Crippen molar-refractivity contribution in [1.29, 1.82) is 10.8 Å². The Morgan fingerprint density at radius 3 is 2.55 bits per heavy atom. The molecule has 0 amide bonds. The average Bonchev–Trinajstić information content (AvgIpc) is 2.85. The normalized spacial score (nSPS) is 18.7. The number of fused-ring (bicyclic) bond motifs is 1. The Hall–Kier alpha value is -3.05. The van der Waals surface area contributed by atoms with Crippen molar-refractivity contribution in [2.24, 2.45) is 0 Å². The van der Waals surface area contributed by atoms with Crippen LogP contribution in [0.4, 0.5) is 17.1 Å². The first-order valence-electron chi connectivity index (χ1n) is 9.68. The summed E-state index contributed by atoms with van der Waals surface area (Å²) in [5.74, 6) is 0.768. The van der Waals surface area contributed by atoms with Gasteiger partial charge in [-0.25, -0.2) is 0 Å². The minimum atomic E-state index is 0.321. The SMILES string of the molecule is CC(=N)N1C(=N)CCN(c2ccc(Cl)cc2)c2cc(C3=CNC(C)C=C3)ccc21. The molecular weight excluding hydrogens is 382 g/mol. The lowest BCUT2D eigenvalue weighted by molar-refractivity contribution is 0.764. The summed E-state index contributed by atoms with van der Waals surface area (Å²) < 4.78 is 0. The zero-order valence-electron chi connectivity index (χ0n) is 16.5. The van der Waals surface area contributed by atoms with E-state index in [2.05, 4.69) is 41.4 Å². The summed E-state index contributed by atoms with van der Waals surface area (Å²) in [5, 5.41) is 20.8. The Morgan fingerprint density at radius 2 is 1.90 bits per heavy atom. The minimum Gasteiger partial charge on any atom is -0.384 e. The first-order valence-corrected chi connectivity index (χ1v) is 10.1. The van der Waals surface area contributed by atoms with Gasteiger partial charge in [-0.15, -0.1) is 0 Å². The van der Waals surface area contributed by atoms with Gasteiger partial charge in [-0.05, 0) is 61.4 Å². The predicted molar refractivity (Wildman–Crippen MR) is 123 cm³/mol. The van der Waals surface area contributed by atoms with Crippen molar-refractivity contribution in [2.45, 2.75) is 26.3 Å². The van der Waals surface area contributed by atoms with Gasteiger partial charge in [-0.1, -0.05) is 29.8 Å². The van der Waals surface area contributed by atoms with Crippen LogP contribution in [0.2, 0.25) is 5.02 Å². The quantitative estimate of drug-likeness (QED) is 0.453. The van der Waals surface area contributed by atoms with Gasteiger partial charge in [0.15, 0.2) is 0 Å². The van der Waals surface area contributed by atoms with E-state index < -0.39 is 0 Å². The highest BCUT2D eigenvalue weighted by Crippen LogP contribution is 2.40. The lowest BCUT2D eigenvalue weighted by Crippen LogP contribution is -2.33. The topological polar surface area (TPSA) is 66.2 Å². The predicted octanol–water partition coefficient (Wildman–Crippen LogP) is 5.55.